The summed E-state index contributed by atoms with van der Waals surface area (Å²) in [6.07, 6.45) is 0.899. The third kappa shape index (κ3) is 3.93. The molecular weight excluding hydrogens is 359 g/mol. The summed E-state index contributed by atoms with van der Waals surface area (Å²) < 4.78 is 5.72. The highest BCUT2D eigenvalue weighted by atomic mass is 35.5. The van der Waals surface area contributed by atoms with Gasteiger partial charge in [0.1, 0.15) is 0 Å². The average molecular weight is 375 g/mol. The van der Waals surface area contributed by atoms with Crippen LogP contribution in [0.15, 0.2) is 54.7 Å². The lowest BCUT2D eigenvalue weighted by Gasteiger charge is -2.19. The second-order valence-electron chi connectivity index (χ2n) is 5.37. The number of pyridine rings is 1. The fourth-order valence-electron chi connectivity index (χ4n) is 2.61. The van der Waals surface area contributed by atoms with Gasteiger partial charge in [-0.15, -0.1) is 0 Å². The van der Waals surface area contributed by atoms with Crippen LogP contribution in [0, 0.1) is 0 Å². The van der Waals surface area contributed by atoms with Gasteiger partial charge >= 0.3 is 0 Å². The summed E-state index contributed by atoms with van der Waals surface area (Å²) >= 11 is 12.0. The Hall–Kier alpha value is -2.14. The number of halogens is 2. The van der Waals surface area contributed by atoms with Crippen LogP contribution in [0.25, 0.3) is 10.9 Å². The number of amides is 1. The van der Waals surface area contributed by atoms with Crippen molar-refractivity contribution in [3.05, 3.63) is 70.3 Å². The van der Waals surface area contributed by atoms with Crippen molar-refractivity contribution >= 4 is 45.7 Å². The molecule has 0 aliphatic heterocycles. The maximum absolute atomic E-state index is 12.8. The van der Waals surface area contributed by atoms with Crippen LogP contribution in [-0.2, 0) is 9.53 Å². The maximum Gasteiger partial charge on any atom is 0.258 e. The van der Waals surface area contributed by atoms with Gasteiger partial charge in [-0.2, -0.15) is 0 Å². The van der Waals surface area contributed by atoms with E-state index in [0.717, 1.165) is 16.5 Å². The molecule has 0 saturated heterocycles. The fourth-order valence-corrected chi connectivity index (χ4v) is 3.06. The number of nitrogens with zero attached hydrogens (tertiary/aromatic N) is 1. The van der Waals surface area contributed by atoms with Crippen molar-refractivity contribution in [3.8, 4) is 0 Å². The van der Waals surface area contributed by atoms with Gasteiger partial charge in [-0.05, 0) is 37.3 Å². The SMILES string of the molecule is CCOC(C(=O)Nc1ccc(Cl)cc1Cl)c1ccnc2ccccc12. The van der Waals surface area contributed by atoms with Crippen LogP contribution in [0.5, 0.6) is 0 Å². The molecular formula is C19H16Cl2N2O2. The topological polar surface area (TPSA) is 51.2 Å². The van der Waals surface area contributed by atoms with Crippen LogP contribution in [-0.4, -0.2) is 17.5 Å². The third-order valence-electron chi connectivity index (χ3n) is 3.73. The Morgan fingerprint density at radius 1 is 1.20 bits per heavy atom. The standard InChI is InChI=1S/C19H16Cl2N2O2/c1-2-25-18(14-9-10-22-16-6-4-3-5-13(14)16)19(24)23-17-8-7-12(20)11-15(17)21/h3-11,18H,2H2,1H3,(H,23,24). The monoisotopic (exact) mass is 374 g/mol. The van der Waals surface area contributed by atoms with E-state index < -0.39 is 6.10 Å². The number of benzene rings is 2. The van der Waals surface area contributed by atoms with Crippen LogP contribution in [0.4, 0.5) is 5.69 Å². The number of anilines is 1. The van der Waals surface area contributed by atoms with Crippen molar-refractivity contribution in [3.63, 3.8) is 0 Å². The minimum absolute atomic E-state index is 0.303. The van der Waals surface area contributed by atoms with E-state index in [1.807, 2.05) is 31.2 Å². The van der Waals surface area contributed by atoms with E-state index >= 15 is 0 Å². The highest BCUT2D eigenvalue weighted by Crippen LogP contribution is 2.29. The Morgan fingerprint density at radius 2 is 2.00 bits per heavy atom. The zero-order chi connectivity index (χ0) is 17.8. The molecule has 6 heteroatoms. The van der Waals surface area contributed by atoms with Gasteiger partial charge in [0.25, 0.3) is 5.91 Å². The molecule has 1 unspecified atom stereocenters. The summed E-state index contributed by atoms with van der Waals surface area (Å²) in [5.74, 6) is -0.303. The molecule has 128 valence electrons. The number of hydrogen-bond acceptors (Lipinski definition) is 3. The van der Waals surface area contributed by atoms with Crippen molar-refractivity contribution in [2.24, 2.45) is 0 Å². The summed E-state index contributed by atoms with van der Waals surface area (Å²) in [6, 6.07) is 14.3. The highest BCUT2D eigenvalue weighted by molar-refractivity contribution is 6.36. The number of fused-ring (bicyclic) bond motifs is 1. The Kier molecular flexibility index (Phi) is 5.53. The van der Waals surface area contributed by atoms with E-state index in [1.165, 1.54) is 0 Å². The molecule has 0 spiro atoms. The second-order valence-corrected chi connectivity index (χ2v) is 6.21. The predicted octanol–water partition coefficient (Wildman–Crippen LogP) is 5.26. The second kappa shape index (κ2) is 7.83. The summed E-state index contributed by atoms with van der Waals surface area (Å²) in [5, 5.41) is 4.56. The van der Waals surface area contributed by atoms with Crippen molar-refractivity contribution in [1.82, 2.24) is 4.98 Å². The minimum atomic E-state index is -0.773. The van der Waals surface area contributed by atoms with Crippen molar-refractivity contribution in [1.29, 1.82) is 0 Å². The number of nitrogens with one attached hydrogen (secondary N) is 1. The smallest absolute Gasteiger partial charge is 0.258 e. The van der Waals surface area contributed by atoms with Crippen molar-refractivity contribution < 1.29 is 9.53 Å². The molecule has 3 rings (SSSR count). The van der Waals surface area contributed by atoms with Gasteiger partial charge in [0.2, 0.25) is 0 Å². The van der Waals surface area contributed by atoms with E-state index in [2.05, 4.69) is 10.3 Å². The zero-order valence-corrected chi connectivity index (χ0v) is 15.0. The van der Waals surface area contributed by atoms with Crippen LogP contribution in [0.2, 0.25) is 10.0 Å². The number of para-hydroxylation sites is 1. The fraction of sp³-hybridized carbons (Fsp3) is 0.158. The molecule has 1 amide bonds. The minimum Gasteiger partial charge on any atom is -0.364 e. The zero-order valence-electron chi connectivity index (χ0n) is 13.5. The third-order valence-corrected chi connectivity index (χ3v) is 4.27. The molecule has 0 aliphatic rings. The molecule has 1 heterocycles. The molecule has 25 heavy (non-hydrogen) atoms. The van der Waals surface area contributed by atoms with Gasteiger partial charge < -0.3 is 10.1 Å². The molecule has 3 aromatic rings. The number of hydrogen-bond donors (Lipinski definition) is 1. The first-order chi connectivity index (χ1) is 12.1. The average Bonchev–Trinajstić information content (AvgIpc) is 2.61. The molecule has 1 aromatic heterocycles. The quantitative estimate of drug-likeness (QED) is 0.662. The Bertz CT molecular complexity index is 910. The normalized spacial score (nSPS) is 12.1. The summed E-state index contributed by atoms with van der Waals surface area (Å²) in [7, 11) is 0. The lowest BCUT2D eigenvalue weighted by atomic mass is 10.0. The number of aromatic nitrogens is 1. The van der Waals surface area contributed by atoms with Gasteiger partial charge in [0, 0.05) is 28.8 Å². The Labute approximate surface area is 155 Å². The molecule has 0 aliphatic carbocycles. The highest BCUT2D eigenvalue weighted by Gasteiger charge is 2.24. The maximum atomic E-state index is 12.8. The lowest BCUT2D eigenvalue weighted by molar-refractivity contribution is -0.127. The molecule has 0 saturated carbocycles. The number of carbonyl (C=O) groups excluding carboxylic acids is 1. The Morgan fingerprint density at radius 3 is 2.76 bits per heavy atom. The molecule has 0 bridgehead atoms. The molecule has 0 fully saturated rings. The first-order valence-corrected chi connectivity index (χ1v) is 8.57. The first kappa shape index (κ1) is 17.7. The van der Waals surface area contributed by atoms with Crippen LogP contribution in [0.3, 0.4) is 0 Å². The number of carbonyl (C=O) groups is 1. The largest absolute Gasteiger partial charge is 0.364 e. The van der Waals surface area contributed by atoms with Crippen LogP contribution >= 0.6 is 23.2 Å². The van der Waals surface area contributed by atoms with Crippen LogP contribution in [0.1, 0.15) is 18.6 Å². The van der Waals surface area contributed by atoms with Crippen molar-refractivity contribution in [2.75, 3.05) is 11.9 Å². The molecule has 0 radical (unpaired) electrons. The van der Waals surface area contributed by atoms with E-state index in [0.29, 0.717) is 22.3 Å². The summed E-state index contributed by atoms with van der Waals surface area (Å²) in [5.41, 5.74) is 2.05. The van der Waals surface area contributed by atoms with Crippen molar-refractivity contribution in [2.45, 2.75) is 13.0 Å². The summed E-state index contributed by atoms with van der Waals surface area (Å²) in [6.45, 7) is 2.24. The molecule has 2 aromatic carbocycles. The number of ether oxygens (including phenoxy) is 1. The molecule has 4 nitrogen and oxygen atoms in total. The van der Waals surface area contributed by atoms with E-state index in [9.17, 15) is 4.79 Å². The predicted molar refractivity (Wildman–Crippen MR) is 101 cm³/mol. The van der Waals surface area contributed by atoms with Crippen LogP contribution < -0.4 is 5.32 Å². The first-order valence-electron chi connectivity index (χ1n) is 7.81. The molecule has 1 atom stereocenters. The van der Waals surface area contributed by atoms with Gasteiger partial charge in [0.15, 0.2) is 6.10 Å². The van der Waals surface area contributed by atoms with Gasteiger partial charge in [-0.1, -0.05) is 41.4 Å². The molecule has 1 N–H and O–H groups in total. The lowest BCUT2D eigenvalue weighted by Crippen LogP contribution is -2.24. The van der Waals surface area contributed by atoms with Gasteiger partial charge in [0.05, 0.1) is 16.2 Å². The summed E-state index contributed by atoms with van der Waals surface area (Å²) in [4.78, 5) is 17.2. The van der Waals surface area contributed by atoms with E-state index in [-0.39, 0.29) is 5.91 Å². The van der Waals surface area contributed by atoms with Gasteiger partial charge in [-0.3, -0.25) is 9.78 Å². The number of rotatable bonds is 5. The Balaban J connectivity index is 1.96. The van der Waals surface area contributed by atoms with E-state index in [4.69, 9.17) is 27.9 Å². The van der Waals surface area contributed by atoms with Gasteiger partial charge in [-0.25, -0.2) is 0 Å². The van der Waals surface area contributed by atoms with E-state index in [1.54, 1.807) is 30.5 Å².